The van der Waals surface area contributed by atoms with Crippen molar-refractivity contribution in [3.8, 4) is 5.75 Å². The highest BCUT2D eigenvalue weighted by atomic mass is 32.1. The summed E-state index contributed by atoms with van der Waals surface area (Å²) in [6.07, 6.45) is 0. The molecular formula is C11H15N3O3S. The zero-order chi connectivity index (χ0) is 13.7. The van der Waals surface area contributed by atoms with Gasteiger partial charge in [0.1, 0.15) is 5.75 Å². The van der Waals surface area contributed by atoms with Gasteiger partial charge in [0.15, 0.2) is 5.11 Å². The summed E-state index contributed by atoms with van der Waals surface area (Å²) in [6, 6.07) is 4.07. The third-order valence-electron chi connectivity index (χ3n) is 2.13. The highest BCUT2D eigenvalue weighted by Crippen LogP contribution is 2.22. The van der Waals surface area contributed by atoms with Crippen molar-refractivity contribution in [1.29, 1.82) is 0 Å². The molecule has 0 bridgehead atoms. The zero-order valence-electron chi connectivity index (χ0n) is 10.1. The average Bonchev–Trinajstić information content (AvgIpc) is 2.26. The largest absolute Gasteiger partial charge is 0.508 e. The lowest BCUT2D eigenvalue weighted by Gasteiger charge is -2.13. The molecule has 1 aromatic rings. The van der Waals surface area contributed by atoms with E-state index < -0.39 is 4.92 Å². The van der Waals surface area contributed by atoms with Crippen LogP contribution in [0.5, 0.6) is 5.75 Å². The van der Waals surface area contributed by atoms with E-state index in [2.05, 4.69) is 10.6 Å². The van der Waals surface area contributed by atoms with E-state index in [1.54, 1.807) is 0 Å². The van der Waals surface area contributed by atoms with Gasteiger partial charge in [-0.3, -0.25) is 10.1 Å². The number of phenols is 1. The van der Waals surface area contributed by atoms with Crippen LogP contribution in [0.4, 0.5) is 5.69 Å². The molecule has 0 heterocycles. The maximum atomic E-state index is 10.6. The van der Waals surface area contributed by atoms with Gasteiger partial charge < -0.3 is 15.7 Å². The molecule has 18 heavy (non-hydrogen) atoms. The summed E-state index contributed by atoms with van der Waals surface area (Å²) in [5.41, 5.74) is 0.365. The third kappa shape index (κ3) is 4.17. The quantitative estimate of drug-likeness (QED) is 0.438. The van der Waals surface area contributed by atoms with Gasteiger partial charge in [0, 0.05) is 30.3 Å². The van der Waals surface area contributed by atoms with Gasteiger partial charge >= 0.3 is 0 Å². The average molecular weight is 269 g/mol. The predicted molar refractivity (Wildman–Crippen MR) is 72.5 cm³/mol. The zero-order valence-corrected chi connectivity index (χ0v) is 11.0. The smallest absolute Gasteiger partial charge is 0.270 e. The molecule has 1 aromatic carbocycles. The maximum Gasteiger partial charge on any atom is 0.270 e. The molecule has 7 heteroatoms. The molecule has 0 aliphatic carbocycles. The summed E-state index contributed by atoms with van der Waals surface area (Å²) in [5, 5.41) is 26.5. The normalized spacial score (nSPS) is 10.2. The summed E-state index contributed by atoms with van der Waals surface area (Å²) >= 11 is 5.02. The van der Waals surface area contributed by atoms with Gasteiger partial charge in [-0.2, -0.15) is 0 Å². The van der Waals surface area contributed by atoms with E-state index in [1.165, 1.54) is 18.2 Å². The minimum Gasteiger partial charge on any atom is -0.508 e. The minimum atomic E-state index is -0.506. The Bertz CT molecular complexity index is 463. The van der Waals surface area contributed by atoms with Gasteiger partial charge in [-0.25, -0.2) is 0 Å². The first kappa shape index (κ1) is 14.2. The van der Waals surface area contributed by atoms with E-state index in [-0.39, 0.29) is 24.0 Å². The lowest BCUT2D eigenvalue weighted by molar-refractivity contribution is -0.384. The van der Waals surface area contributed by atoms with Crippen molar-refractivity contribution < 1.29 is 10.0 Å². The van der Waals surface area contributed by atoms with Crippen LogP contribution in [0.15, 0.2) is 18.2 Å². The molecular weight excluding hydrogens is 254 g/mol. The van der Waals surface area contributed by atoms with Crippen molar-refractivity contribution in [2.24, 2.45) is 0 Å². The van der Waals surface area contributed by atoms with Crippen LogP contribution in [0.2, 0.25) is 0 Å². The van der Waals surface area contributed by atoms with Crippen LogP contribution in [-0.4, -0.2) is 21.2 Å². The number of rotatable bonds is 4. The summed E-state index contributed by atoms with van der Waals surface area (Å²) < 4.78 is 0. The van der Waals surface area contributed by atoms with Crippen molar-refractivity contribution in [2.45, 2.75) is 26.4 Å². The maximum absolute atomic E-state index is 10.6. The fraction of sp³-hybridized carbons (Fsp3) is 0.364. The number of nitro groups is 1. The van der Waals surface area contributed by atoms with Crippen molar-refractivity contribution in [3.05, 3.63) is 33.9 Å². The number of nitro benzene ring substituents is 1. The van der Waals surface area contributed by atoms with Crippen LogP contribution in [-0.2, 0) is 6.54 Å². The molecule has 6 nitrogen and oxygen atoms in total. The van der Waals surface area contributed by atoms with Crippen molar-refractivity contribution in [2.75, 3.05) is 0 Å². The van der Waals surface area contributed by atoms with Crippen LogP contribution >= 0.6 is 12.2 Å². The molecule has 1 rings (SSSR count). The minimum absolute atomic E-state index is 0.000414. The summed E-state index contributed by atoms with van der Waals surface area (Å²) in [7, 11) is 0. The summed E-state index contributed by atoms with van der Waals surface area (Å²) in [6.45, 7) is 4.11. The first-order valence-corrected chi connectivity index (χ1v) is 5.81. The van der Waals surface area contributed by atoms with Gasteiger partial charge in [0.05, 0.1) is 4.92 Å². The number of non-ortho nitro benzene ring substituents is 1. The number of aromatic hydroxyl groups is 1. The lowest BCUT2D eigenvalue weighted by Crippen LogP contribution is -2.38. The molecule has 0 saturated carbocycles. The van der Waals surface area contributed by atoms with Gasteiger partial charge in [-0.05, 0) is 32.1 Å². The molecule has 98 valence electrons. The number of hydrogen-bond acceptors (Lipinski definition) is 4. The van der Waals surface area contributed by atoms with E-state index in [9.17, 15) is 15.2 Å². The van der Waals surface area contributed by atoms with E-state index in [0.29, 0.717) is 10.7 Å². The highest BCUT2D eigenvalue weighted by molar-refractivity contribution is 7.80. The van der Waals surface area contributed by atoms with Crippen LogP contribution in [0, 0.1) is 10.1 Å². The van der Waals surface area contributed by atoms with Crippen molar-refractivity contribution >= 4 is 23.0 Å². The predicted octanol–water partition coefficient (Wildman–Crippen LogP) is 1.67. The second-order valence-electron chi connectivity index (χ2n) is 4.05. The van der Waals surface area contributed by atoms with E-state index in [4.69, 9.17) is 12.2 Å². The fourth-order valence-electron chi connectivity index (χ4n) is 1.32. The Labute approximate surface area is 110 Å². The monoisotopic (exact) mass is 269 g/mol. The first-order chi connectivity index (χ1) is 8.40. The van der Waals surface area contributed by atoms with Gasteiger partial charge in [0.25, 0.3) is 5.69 Å². The number of benzene rings is 1. The Morgan fingerprint density at radius 3 is 2.78 bits per heavy atom. The van der Waals surface area contributed by atoms with Crippen LogP contribution < -0.4 is 10.6 Å². The molecule has 0 aliphatic rings. The Morgan fingerprint density at radius 2 is 2.22 bits per heavy atom. The van der Waals surface area contributed by atoms with Crippen LogP contribution in [0.1, 0.15) is 19.4 Å². The Kier molecular flexibility index (Phi) is 4.85. The number of hydrogen-bond donors (Lipinski definition) is 3. The number of nitrogens with one attached hydrogen (secondary N) is 2. The summed E-state index contributed by atoms with van der Waals surface area (Å²) in [4.78, 5) is 10.1. The molecule has 0 saturated heterocycles. The Hall–Kier alpha value is -1.89. The molecule has 3 N–H and O–H groups in total. The molecule has 0 radical (unpaired) electrons. The molecule has 0 spiro atoms. The van der Waals surface area contributed by atoms with E-state index in [1.807, 2.05) is 13.8 Å². The van der Waals surface area contributed by atoms with E-state index >= 15 is 0 Å². The van der Waals surface area contributed by atoms with Crippen molar-refractivity contribution in [1.82, 2.24) is 10.6 Å². The van der Waals surface area contributed by atoms with Crippen LogP contribution in [0.25, 0.3) is 0 Å². The van der Waals surface area contributed by atoms with Gasteiger partial charge in [-0.1, -0.05) is 0 Å². The third-order valence-corrected chi connectivity index (χ3v) is 2.40. The molecule has 0 amide bonds. The van der Waals surface area contributed by atoms with Gasteiger partial charge in [0.2, 0.25) is 0 Å². The molecule has 0 unspecified atom stereocenters. The standard InChI is InChI=1S/C11H15N3O3S/c1-7(2)13-11(18)12-6-8-5-9(14(16)17)3-4-10(8)15/h3-5,7,15H,6H2,1-2H3,(H2,12,13,18). The lowest BCUT2D eigenvalue weighted by atomic mass is 10.2. The Balaban J connectivity index is 2.69. The Morgan fingerprint density at radius 1 is 1.56 bits per heavy atom. The molecule has 0 atom stereocenters. The van der Waals surface area contributed by atoms with Crippen LogP contribution in [0.3, 0.4) is 0 Å². The number of thiocarbonyl (C=S) groups is 1. The molecule has 0 fully saturated rings. The second kappa shape index (κ2) is 6.15. The van der Waals surface area contributed by atoms with Gasteiger partial charge in [-0.15, -0.1) is 0 Å². The van der Waals surface area contributed by atoms with Crippen molar-refractivity contribution in [3.63, 3.8) is 0 Å². The molecule has 0 aromatic heterocycles. The SMILES string of the molecule is CC(C)NC(=S)NCc1cc([N+](=O)[O-])ccc1O. The highest BCUT2D eigenvalue weighted by Gasteiger charge is 2.10. The second-order valence-corrected chi connectivity index (χ2v) is 4.46. The summed E-state index contributed by atoms with van der Waals surface area (Å²) in [5.74, 6) is 0.000414. The fourth-order valence-corrected chi connectivity index (χ4v) is 1.62. The molecule has 0 aliphatic heterocycles. The number of nitrogens with zero attached hydrogens (tertiary/aromatic N) is 1. The topological polar surface area (TPSA) is 87.4 Å². The number of phenolic OH excluding ortho intramolecular Hbond substituents is 1. The first-order valence-electron chi connectivity index (χ1n) is 5.41. The van der Waals surface area contributed by atoms with E-state index in [0.717, 1.165) is 0 Å².